The normalized spacial score (nSPS) is 23.5. The average molecular weight is 861 g/mol. The first-order chi connectivity index (χ1) is 29.4. The molecule has 6 atom stereocenters. The molecule has 11 nitrogen and oxygen atoms in total. The first kappa shape index (κ1) is 45.8. The number of allylic oxidation sites excluding steroid dienone is 1. The molecule has 1 amide bonds. The maximum atomic E-state index is 14.5. The summed E-state index contributed by atoms with van der Waals surface area (Å²) in [6.07, 6.45) is 8.46. The molecule has 1 aliphatic heterocycles. The summed E-state index contributed by atoms with van der Waals surface area (Å²) in [6.45, 7) is 9.89. The monoisotopic (exact) mass is 860 g/mol. The van der Waals surface area contributed by atoms with E-state index in [1.54, 1.807) is 53.4 Å². The van der Waals surface area contributed by atoms with Crippen LogP contribution < -0.4 is 9.47 Å². The molecule has 6 rings (SSSR count). The van der Waals surface area contributed by atoms with Gasteiger partial charge in [0.2, 0.25) is 5.79 Å². The summed E-state index contributed by atoms with van der Waals surface area (Å²) >= 11 is 6.06. The number of aldehydes is 1. The lowest BCUT2D eigenvalue weighted by Crippen LogP contribution is -2.70. The van der Waals surface area contributed by atoms with Crippen molar-refractivity contribution in [2.24, 2.45) is 22.9 Å². The van der Waals surface area contributed by atoms with Crippen molar-refractivity contribution in [3.8, 4) is 17.2 Å². The van der Waals surface area contributed by atoms with Crippen molar-refractivity contribution in [1.82, 2.24) is 4.90 Å². The fraction of sp³-hybridized carbons (Fsp3) is 0.479. The number of carbonyl (C=O) groups excluding carboxylic acids is 2. The van der Waals surface area contributed by atoms with E-state index in [0.29, 0.717) is 46.9 Å². The van der Waals surface area contributed by atoms with Gasteiger partial charge in [-0.15, -0.1) is 18.2 Å². The number of aliphatic hydroxyl groups excluding tert-OH is 2. The van der Waals surface area contributed by atoms with Gasteiger partial charge in [-0.1, -0.05) is 54.4 Å². The van der Waals surface area contributed by atoms with Gasteiger partial charge in [-0.2, -0.15) is 0 Å². The van der Waals surface area contributed by atoms with Crippen LogP contribution in [-0.4, -0.2) is 82.9 Å². The fourth-order valence-corrected chi connectivity index (χ4v) is 9.07. The second-order valence-electron chi connectivity index (χ2n) is 16.8. The van der Waals surface area contributed by atoms with Crippen LogP contribution in [0.25, 0.3) is 0 Å². The molecule has 1 heterocycles. The minimum Gasteiger partial charge on any atom is -0.459 e. The molecule has 3 aromatic carbocycles. The molecule has 1 saturated carbocycles. The third-order valence-electron chi connectivity index (χ3n) is 11.5. The van der Waals surface area contributed by atoms with E-state index in [2.05, 4.69) is 12.7 Å². The standard InChI is InChI=1S/C48H58ClFN2O9/c1-5-24-58-48-43(52(46(56)57-25-21-49)30-32-15-17-35(50)18-16-32)29-41(51-61-47(2,3)4)39-27-34(12-6-8-22-53)38(14-7-9-23-54)44(45(39)48)40-28-37(19-20-42(40)60-48)59-36-13-10-11-33(26-36)31-55/h5,10-11,13,15-20,26-28,31,34,38,43-45,53-54H,1,6-9,12,14,21-25,29-30H2,2-4H3. The number of carbonyl (C=O) groups is 2. The molecule has 61 heavy (non-hydrogen) atoms. The molecule has 1 fully saturated rings. The van der Waals surface area contributed by atoms with Crippen molar-refractivity contribution in [3.63, 3.8) is 0 Å². The lowest BCUT2D eigenvalue weighted by Gasteiger charge is -2.60. The Balaban J connectivity index is 1.62. The summed E-state index contributed by atoms with van der Waals surface area (Å²) in [6, 6.07) is 17.6. The number of aliphatic hydroxyl groups is 2. The number of hydrogen-bond donors (Lipinski definition) is 2. The van der Waals surface area contributed by atoms with Crippen LogP contribution in [0.4, 0.5) is 9.18 Å². The maximum absolute atomic E-state index is 14.5. The molecule has 6 unspecified atom stereocenters. The Morgan fingerprint density at radius 1 is 1.03 bits per heavy atom. The summed E-state index contributed by atoms with van der Waals surface area (Å²) in [5.74, 6) is -1.24. The van der Waals surface area contributed by atoms with E-state index in [0.717, 1.165) is 43.1 Å². The van der Waals surface area contributed by atoms with Gasteiger partial charge in [-0.05, 0) is 112 Å². The van der Waals surface area contributed by atoms with Gasteiger partial charge >= 0.3 is 6.09 Å². The van der Waals surface area contributed by atoms with Crippen LogP contribution >= 0.6 is 11.6 Å². The summed E-state index contributed by atoms with van der Waals surface area (Å²) in [4.78, 5) is 33.9. The minimum atomic E-state index is -1.55. The quantitative estimate of drug-likeness (QED) is 0.0374. The summed E-state index contributed by atoms with van der Waals surface area (Å²) < 4.78 is 40.7. The van der Waals surface area contributed by atoms with E-state index in [9.17, 15) is 24.2 Å². The number of benzene rings is 3. The second-order valence-corrected chi connectivity index (χ2v) is 17.2. The van der Waals surface area contributed by atoms with Gasteiger partial charge in [0, 0.05) is 43.2 Å². The van der Waals surface area contributed by atoms with Crippen LogP contribution in [0.15, 0.2) is 96.2 Å². The molecule has 0 spiro atoms. The Morgan fingerprint density at radius 2 is 1.77 bits per heavy atom. The highest BCUT2D eigenvalue weighted by atomic mass is 35.5. The molecule has 0 bridgehead atoms. The summed E-state index contributed by atoms with van der Waals surface area (Å²) in [5.41, 5.74) is 2.82. The largest absolute Gasteiger partial charge is 0.459 e. The number of alkyl halides is 1. The Kier molecular flexibility index (Phi) is 15.7. The number of fused-ring (bicyclic) bond motifs is 2. The molecule has 328 valence electrons. The van der Waals surface area contributed by atoms with Gasteiger partial charge in [-0.25, -0.2) is 9.18 Å². The highest BCUT2D eigenvalue weighted by Gasteiger charge is 2.65. The van der Waals surface area contributed by atoms with Gasteiger partial charge in [0.25, 0.3) is 0 Å². The Hall–Kier alpha value is -4.75. The molecular formula is C48H58ClFN2O9. The van der Waals surface area contributed by atoms with Gasteiger partial charge in [0.15, 0.2) is 0 Å². The van der Waals surface area contributed by atoms with Crippen molar-refractivity contribution >= 4 is 29.7 Å². The zero-order valence-corrected chi connectivity index (χ0v) is 36.0. The van der Waals surface area contributed by atoms with E-state index in [-0.39, 0.29) is 63.0 Å². The van der Waals surface area contributed by atoms with Crippen molar-refractivity contribution in [2.45, 2.75) is 95.6 Å². The fourth-order valence-electron chi connectivity index (χ4n) is 8.99. The Morgan fingerprint density at radius 3 is 2.46 bits per heavy atom. The lowest BCUT2D eigenvalue weighted by molar-refractivity contribution is -0.256. The molecule has 0 saturated heterocycles. The van der Waals surface area contributed by atoms with Crippen LogP contribution in [-0.2, 0) is 20.9 Å². The maximum Gasteiger partial charge on any atom is 0.410 e. The predicted molar refractivity (Wildman–Crippen MR) is 232 cm³/mol. The summed E-state index contributed by atoms with van der Waals surface area (Å²) in [5, 5.41) is 24.7. The first-order valence-corrected chi connectivity index (χ1v) is 21.7. The van der Waals surface area contributed by atoms with Crippen molar-refractivity contribution in [2.75, 3.05) is 32.3 Å². The highest BCUT2D eigenvalue weighted by molar-refractivity contribution is 6.18. The van der Waals surface area contributed by atoms with Crippen LogP contribution in [0.5, 0.6) is 17.2 Å². The number of rotatable bonds is 20. The first-order valence-electron chi connectivity index (χ1n) is 21.2. The van der Waals surface area contributed by atoms with Crippen molar-refractivity contribution in [1.29, 1.82) is 0 Å². The number of unbranched alkanes of at least 4 members (excludes halogenated alkanes) is 2. The topological polar surface area (TPSA) is 136 Å². The SMILES string of the molecule is C=CCOC12Oc3ccc(Oc4cccc(C=O)c4)cc3C3C(CCCCO)C(CCCCO)C=C(C(=NOC(C)(C)C)CC1N(Cc1ccc(F)cc1)C(=O)OCCCl)C32. The molecule has 2 aliphatic carbocycles. The number of nitrogens with zero attached hydrogens (tertiary/aromatic N) is 2. The number of ether oxygens (including phenoxy) is 4. The number of hydrogen-bond acceptors (Lipinski definition) is 10. The zero-order chi connectivity index (χ0) is 43.6. The van der Waals surface area contributed by atoms with Crippen LogP contribution in [0.3, 0.4) is 0 Å². The average Bonchev–Trinajstić information content (AvgIpc) is 3.25. The van der Waals surface area contributed by atoms with Crippen LogP contribution in [0.2, 0.25) is 0 Å². The molecule has 3 aliphatic rings. The van der Waals surface area contributed by atoms with Gasteiger partial charge < -0.3 is 34.0 Å². The van der Waals surface area contributed by atoms with E-state index >= 15 is 0 Å². The van der Waals surface area contributed by atoms with Crippen molar-refractivity contribution in [3.05, 3.63) is 114 Å². The molecular weight excluding hydrogens is 803 g/mol. The Bertz CT molecular complexity index is 2040. The third-order valence-corrected chi connectivity index (χ3v) is 11.6. The molecule has 3 aromatic rings. The van der Waals surface area contributed by atoms with E-state index in [4.69, 9.17) is 40.5 Å². The summed E-state index contributed by atoms with van der Waals surface area (Å²) in [7, 11) is 0. The minimum absolute atomic E-state index is 0.0128. The second kappa shape index (κ2) is 20.9. The number of halogens is 2. The molecule has 13 heteroatoms. The Labute approximate surface area is 363 Å². The van der Waals surface area contributed by atoms with Gasteiger partial charge in [0.05, 0.1) is 24.1 Å². The molecule has 2 N–H and O–H groups in total. The van der Waals surface area contributed by atoms with E-state index in [1.165, 1.54) is 12.1 Å². The lowest BCUT2D eigenvalue weighted by atomic mass is 9.55. The predicted octanol–water partition coefficient (Wildman–Crippen LogP) is 9.74. The third kappa shape index (κ3) is 10.8. The van der Waals surface area contributed by atoms with Crippen molar-refractivity contribution < 1.29 is 48.0 Å². The number of oxime groups is 1. The van der Waals surface area contributed by atoms with Gasteiger partial charge in [0.1, 0.15) is 47.6 Å². The zero-order valence-electron chi connectivity index (χ0n) is 35.3. The molecule has 0 aromatic heterocycles. The van der Waals surface area contributed by atoms with E-state index < -0.39 is 35.3 Å². The van der Waals surface area contributed by atoms with Gasteiger partial charge in [-0.3, -0.25) is 9.69 Å². The van der Waals surface area contributed by atoms with E-state index in [1.807, 2.05) is 32.9 Å². The van der Waals surface area contributed by atoms with Crippen LogP contribution in [0, 0.1) is 23.6 Å². The number of amides is 1. The van der Waals surface area contributed by atoms with Crippen LogP contribution in [0.1, 0.15) is 93.1 Å². The molecule has 0 radical (unpaired) electrons. The smallest absolute Gasteiger partial charge is 0.410 e. The highest BCUT2D eigenvalue weighted by Crippen LogP contribution is 2.62.